The lowest BCUT2D eigenvalue weighted by Crippen LogP contribution is -2.09. The van der Waals surface area contributed by atoms with Gasteiger partial charge in [0, 0.05) is 6.07 Å². The number of rotatable bonds is 0. The van der Waals surface area contributed by atoms with E-state index in [9.17, 15) is 0 Å². The van der Waals surface area contributed by atoms with Crippen LogP contribution in [0.1, 0.15) is 32.1 Å². The Morgan fingerprint density at radius 2 is 1.13 bits per heavy atom. The summed E-state index contributed by atoms with van der Waals surface area (Å²) in [6.45, 7) is 0. The molecule has 5 heteroatoms. The van der Waals surface area contributed by atoms with Gasteiger partial charge in [-0.15, -0.1) is 0 Å². The van der Waals surface area contributed by atoms with Crippen molar-refractivity contribution in [3.05, 3.63) is 48.5 Å². The Morgan fingerprint density at radius 3 is 1.39 bits per heavy atom. The normalized spacial score (nSPS) is 14.0. The van der Waals surface area contributed by atoms with Crippen molar-refractivity contribution in [2.75, 3.05) is 0 Å². The van der Waals surface area contributed by atoms with Crippen molar-refractivity contribution >= 4 is 0 Å². The summed E-state index contributed by atoms with van der Waals surface area (Å²) in [7, 11) is 0. The number of hydrogen-bond donors (Lipinski definition) is 5. The third-order valence-corrected chi connectivity index (χ3v) is 3.29. The standard InChI is InChI=1S/2C6H6O2.C6H12O/c7-5-2-1-3-6(8)4-5;7-5-3-1-2-4-6(5)8;7-6-4-2-1-3-5-6/h2*1-4,7-8H;6-7H,1-5H2. The minimum absolute atomic E-state index is 0.0359. The molecule has 5 nitrogen and oxygen atoms in total. The highest BCUT2D eigenvalue weighted by molar-refractivity contribution is 5.36. The first kappa shape index (κ1) is 18.6. The third kappa shape index (κ3) is 8.58. The van der Waals surface area contributed by atoms with Crippen molar-refractivity contribution in [2.45, 2.75) is 38.2 Å². The zero-order chi connectivity index (χ0) is 17.1. The summed E-state index contributed by atoms with van der Waals surface area (Å²) >= 11 is 0. The van der Waals surface area contributed by atoms with E-state index in [0.717, 1.165) is 12.8 Å². The van der Waals surface area contributed by atoms with Crippen LogP contribution in [0.3, 0.4) is 0 Å². The van der Waals surface area contributed by atoms with Gasteiger partial charge in [0.2, 0.25) is 0 Å². The third-order valence-electron chi connectivity index (χ3n) is 3.29. The number of benzene rings is 2. The largest absolute Gasteiger partial charge is 0.508 e. The zero-order valence-corrected chi connectivity index (χ0v) is 13.0. The van der Waals surface area contributed by atoms with E-state index in [0.29, 0.717) is 0 Å². The molecule has 126 valence electrons. The minimum atomic E-state index is -0.0764. The molecule has 1 aliphatic carbocycles. The molecule has 0 aromatic heterocycles. The molecule has 2 aromatic rings. The van der Waals surface area contributed by atoms with Gasteiger partial charge in [0.25, 0.3) is 0 Å². The second-order valence-electron chi connectivity index (χ2n) is 5.30. The van der Waals surface area contributed by atoms with Crippen LogP contribution in [0.4, 0.5) is 0 Å². The Labute approximate surface area is 136 Å². The average Bonchev–Trinajstić information content (AvgIpc) is 2.52. The fourth-order valence-electron chi connectivity index (χ4n) is 2.04. The second kappa shape index (κ2) is 10.3. The van der Waals surface area contributed by atoms with Crippen LogP contribution in [0.2, 0.25) is 0 Å². The van der Waals surface area contributed by atoms with Gasteiger partial charge in [0.05, 0.1) is 6.10 Å². The lowest BCUT2D eigenvalue weighted by Gasteiger charge is -2.14. The fraction of sp³-hybridized carbons (Fsp3) is 0.333. The number of para-hydroxylation sites is 2. The molecule has 23 heavy (non-hydrogen) atoms. The number of hydrogen-bond acceptors (Lipinski definition) is 5. The van der Waals surface area contributed by atoms with Gasteiger partial charge < -0.3 is 25.5 Å². The minimum Gasteiger partial charge on any atom is -0.508 e. The van der Waals surface area contributed by atoms with E-state index in [1.807, 2.05) is 0 Å². The lowest BCUT2D eigenvalue weighted by atomic mass is 9.98. The van der Waals surface area contributed by atoms with Gasteiger partial charge in [-0.2, -0.15) is 0 Å². The van der Waals surface area contributed by atoms with Crippen LogP contribution >= 0.6 is 0 Å². The van der Waals surface area contributed by atoms with Gasteiger partial charge in [0.1, 0.15) is 11.5 Å². The van der Waals surface area contributed by atoms with Crippen molar-refractivity contribution in [1.29, 1.82) is 0 Å². The summed E-state index contributed by atoms with van der Waals surface area (Å²) in [5, 5.41) is 43.6. The Hall–Kier alpha value is -2.40. The molecule has 0 saturated heterocycles. The van der Waals surface area contributed by atoms with E-state index >= 15 is 0 Å². The van der Waals surface area contributed by atoms with Crippen molar-refractivity contribution < 1.29 is 25.5 Å². The number of phenolic OH excluding ortho intramolecular Hbond substituents is 4. The summed E-state index contributed by atoms with van der Waals surface area (Å²) in [5.74, 6) is 0.0231. The smallest absolute Gasteiger partial charge is 0.157 e. The number of aromatic hydroxyl groups is 4. The van der Waals surface area contributed by atoms with Crippen LogP contribution in [-0.4, -0.2) is 31.6 Å². The number of aliphatic hydroxyl groups is 1. The molecular weight excluding hydrogens is 296 g/mol. The van der Waals surface area contributed by atoms with Crippen LogP contribution in [0.15, 0.2) is 48.5 Å². The molecule has 1 aliphatic rings. The van der Waals surface area contributed by atoms with Crippen molar-refractivity contribution in [1.82, 2.24) is 0 Å². The van der Waals surface area contributed by atoms with Crippen molar-refractivity contribution in [3.63, 3.8) is 0 Å². The topological polar surface area (TPSA) is 101 Å². The van der Waals surface area contributed by atoms with E-state index in [2.05, 4.69) is 0 Å². The predicted octanol–water partition coefficient (Wildman–Crippen LogP) is 3.51. The van der Waals surface area contributed by atoms with Gasteiger partial charge in [-0.3, -0.25) is 0 Å². The van der Waals surface area contributed by atoms with Gasteiger partial charge >= 0.3 is 0 Å². The van der Waals surface area contributed by atoms with Crippen molar-refractivity contribution in [3.8, 4) is 23.0 Å². The summed E-state index contributed by atoms with van der Waals surface area (Å²) in [6.07, 6.45) is 5.92. The molecule has 0 heterocycles. The average molecular weight is 320 g/mol. The molecule has 0 radical (unpaired) electrons. The summed E-state index contributed by atoms with van der Waals surface area (Å²) in [6, 6.07) is 12.0. The van der Waals surface area contributed by atoms with Crippen LogP contribution in [-0.2, 0) is 0 Å². The number of aliphatic hydroxyl groups excluding tert-OH is 1. The van der Waals surface area contributed by atoms with Gasteiger partial charge in [-0.05, 0) is 37.1 Å². The lowest BCUT2D eigenvalue weighted by molar-refractivity contribution is 0.130. The first-order chi connectivity index (χ1) is 11.0. The van der Waals surface area contributed by atoms with Crippen LogP contribution in [0.25, 0.3) is 0 Å². The maximum Gasteiger partial charge on any atom is 0.157 e. The summed E-state index contributed by atoms with van der Waals surface area (Å²) in [5.41, 5.74) is 0. The highest BCUT2D eigenvalue weighted by Gasteiger charge is 2.07. The maximum atomic E-state index is 8.91. The van der Waals surface area contributed by atoms with Gasteiger partial charge in [0.15, 0.2) is 11.5 Å². The Balaban J connectivity index is 0.000000173. The van der Waals surface area contributed by atoms with E-state index < -0.39 is 0 Å². The van der Waals surface area contributed by atoms with E-state index in [1.54, 1.807) is 18.2 Å². The Kier molecular flexibility index (Phi) is 8.39. The molecule has 0 aliphatic heterocycles. The molecule has 0 bridgehead atoms. The molecule has 0 spiro atoms. The highest BCUT2D eigenvalue weighted by atomic mass is 16.3. The molecule has 1 fully saturated rings. The highest BCUT2D eigenvalue weighted by Crippen LogP contribution is 2.21. The molecule has 0 atom stereocenters. The molecular formula is C18H24O5. The quantitative estimate of drug-likeness (QED) is 0.478. The van der Waals surface area contributed by atoms with Crippen LogP contribution < -0.4 is 0 Å². The van der Waals surface area contributed by atoms with Crippen LogP contribution in [0, 0.1) is 0 Å². The molecule has 1 saturated carbocycles. The van der Waals surface area contributed by atoms with Gasteiger partial charge in [-0.1, -0.05) is 37.5 Å². The molecule has 2 aromatic carbocycles. The Morgan fingerprint density at radius 1 is 0.652 bits per heavy atom. The molecule has 3 rings (SSSR count). The predicted molar refractivity (Wildman–Crippen MR) is 88.6 cm³/mol. The first-order valence-electron chi connectivity index (χ1n) is 7.62. The SMILES string of the molecule is OC1CCCCC1.Oc1cccc(O)c1.Oc1ccccc1O. The summed E-state index contributed by atoms with van der Waals surface area (Å²) < 4.78 is 0. The van der Waals surface area contributed by atoms with E-state index in [1.165, 1.54) is 49.6 Å². The van der Waals surface area contributed by atoms with Crippen LogP contribution in [0.5, 0.6) is 23.0 Å². The van der Waals surface area contributed by atoms with E-state index in [-0.39, 0.29) is 29.1 Å². The monoisotopic (exact) mass is 320 g/mol. The second-order valence-corrected chi connectivity index (χ2v) is 5.30. The first-order valence-corrected chi connectivity index (χ1v) is 7.62. The molecule has 0 unspecified atom stereocenters. The molecule has 0 amide bonds. The number of phenols is 4. The zero-order valence-electron chi connectivity index (χ0n) is 13.0. The van der Waals surface area contributed by atoms with E-state index in [4.69, 9.17) is 25.5 Å². The summed E-state index contributed by atoms with van der Waals surface area (Å²) in [4.78, 5) is 0. The fourth-order valence-corrected chi connectivity index (χ4v) is 2.04. The maximum absolute atomic E-state index is 8.91. The Bertz CT molecular complexity index is 527. The molecule has 5 N–H and O–H groups in total. The van der Waals surface area contributed by atoms with Crippen molar-refractivity contribution in [2.24, 2.45) is 0 Å². The van der Waals surface area contributed by atoms with Gasteiger partial charge in [-0.25, -0.2) is 0 Å².